The fourth-order valence-electron chi connectivity index (χ4n) is 0.773. The number of carbonyl (C=O) groups is 2. The van der Waals surface area contributed by atoms with Crippen molar-refractivity contribution in [3.63, 3.8) is 0 Å². The van der Waals surface area contributed by atoms with Crippen LogP contribution in [-0.4, -0.2) is 23.9 Å². The molecule has 0 aliphatic carbocycles. The van der Waals surface area contributed by atoms with Crippen molar-refractivity contribution in [1.29, 1.82) is 0 Å². The van der Waals surface area contributed by atoms with Gasteiger partial charge in [-0.1, -0.05) is 18.2 Å². The summed E-state index contributed by atoms with van der Waals surface area (Å²) < 4.78 is 0. The summed E-state index contributed by atoms with van der Waals surface area (Å²) in [5.74, 6) is -2.98. The van der Waals surface area contributed by atoms with Crippen LogP contribution in [0.15, 0.2) is 24.3 Å². The van der Waals surface area contributed by atoms with E-state index >= 15 is 0 Å². The van der Waals surface area contributed by atoms with E-state index in [2.05, 4.69) is 33.8 Å². The molecule has 0 unspecified atom stereocenters. The fourth-order valence-corrected chi connectivity index (χ4v) is 0.773. The lowest BCUT2D eigenvalue weighted by atomic mass is 10.1. The Kier molecular flexibility index (Phi) is 9.24. The van der Waals surface area contributed by atoms with E-state index in [1.165, 1.54) is 18.2 Å². The summed E-state index contributed by atoms with van der Waals surface area (Å²) in [6.45, 7) is 0. The van der Waals surface area contributed by atoms with Crippen LogP contribution < -0.4 is 44.0 Å². The normalized spacial score (nSPS) is 8.00. The van der Waals surface area contributed by atoms with E-state index in [0.717, 1.165) is 6.07 Å². The first kappa shape index (κ1) is 19.0. The molecule has 0 bridgehead atoms. The fraction of sp³-hybridized carbons (Fsp3) is 0. The highest BCUT2D eigenvalue weighted by molar-refractivity contribution is 5.91. The topological polar surface area (TPSA) is 236 Å². The van der Waals surface area contributed by atoms with Gasteiger partial charge in [0, 0.05) is 0 Å². The Bertz CT molecular complexity index is 453. The summed E-state index contributed by atoms with van der Waals surface area (Å²) >= 11 is 0. The van der Waals surface area contributed by atoms with E-state index in [-0.39, 0.29) is 23.0 Å². The summed E-state index contributed by atoms with van der Waals surface area (Å²) in [6.07, 6.45) is 0. The molecule has 0 saturated carbocycles. The Morgan fingerprint density at radius 2 is 1.10 bits per heavy atom. The van der Waals surface area contributed by atoms with Crippen molar-refractivity contribution >= 4 is 23.9 Å². The molecule has 1 aromatic rings. The molecule has 12 N–H and O–H groups in total. The SMILES string of the molecule is NC(N)=[NH2+].NC(N)=[NH2+].O=C([O-])c1cccc(C(=O)[O-])c1. The van der Waals surface area contributed by atoms with E-state index in [1.807, 2.05) is 0 Å². The van der Waals surface area contributed by atoms with Gasteiger partial charge in [0.25, 0.3) is 0 Å². The zero-order valence-corrected chi connectivity index (χ0v) is 10.4. The monoisotopic (exact) mass is 284 g/mol. The van der Waals surface area contributed by atoms with E-state index in [1.54, 1.807) is 0 Å². The number of carboxylic acid groups (broad SMARTS) is 2. The maximum atomic E-state index is 10.3. The Morgan fingerprint density at radius 3 is 1.30 bits per heavy atom. The lowest BCUT2D eigenvalue weighted by Crippen LogP contribution is -2.51. The van der Waals surface area contributed by atoms with E-state index in [4.69, 9.17) is 0 Å². The highest BCUT2D eigenvalue weighted by Gasteiger charge is 1.96. The molecule has 0 aliphatic rings. The van der Waals surface area contributed by atoms with Gasteiger partial charge in [0.2, 0.25) is 0 Å². The zero-order chi connectivity index (χ0) is 16.3. The minimum atomic E-state index is -1.40. The molecule has 110 valence electrons. The summed E-state index contributed by atoms with van der Waals surface area (Å²) in [4.78, 5) is 20.5. The largest absolute Gasteiger partial charge is 0.545 e. The van der Waals surface area contributed by atoms with Crippen molar-refractivity contribution in [2.75, 3.05) is 0 Å². The molecule has 1 aromatic carbocycles. The molecule has 0 amide bonds. The summed E-state index contributed by atoms with van der Waals surface area (Å²) in [5, 5.41) is 29.7. The Labute approximate surface area is 114 Å². The molecule has 0 fully saturated rings. The number of benzene rings is 1. The second-order valence-electron chi connectivity index (χ2n) is 3.16. The van der Waals surface area contributed by atoms with Gasteiger partial charge in [0.1, 0.15) is 0 Å². The highest BCUT2D eigenvalue weighted by atomic mass is 16.4. The lowest BCUT2D eigenvalue weighted by Gasteiger charge is -2.05. The first-order valence-corrected chi connectivity index (χ1v) is 4.87. The third kappa shape index (κ3) is 12.8. The molecule has 20 heavy (non-hydrogen) atoms. The third-order valence-corrected chi connectivity index (χ3v) is 1.33. The first-order chi connectivity index (χ1) is 9.07. The van der Waals surface area contributed by atoms with Crippen LogP contribution in [0.1, 0.15) is 20.7 Å². The van der Waals surface area contributed by atoms with E-state index in [0.29, 0.717) is 0 Å². The molecule has 0 saturated heterocycles. The van der Waals surface area contributed by atoms with Crippen LogP contribution in [-0.2, 0) is 0 Å². The number of guanidine groups is 2. The summed E-state index contributed by atoms with van der Waals surface area (Å²) in [6, 6.07) is 4.81. The van der Waals surface area contributed by atoms with Crippen molar-refractivity contribution in [2.24, 2.45) is 22.9 Å². The van der Waals surface area contributed by atoms with E-state index < -0.39 is 11.9 Å². The highest BCUT2D eigenvalue weighted by Crippen LogP contribution is 2.02. The van der Waals surface area contributed by atoms with Crippen molar-refractivity contribution in [1.82, 2.24) is 0 Å². The molecule has 10 nitrogen and oxygen atoms in total. The smallest absolute Gasteiger partial charge is 0.336 e. The van der Waals surface area contributed by atoms with Gasteiger partial charge in [0.15, 0.2) is 0 Å². The minimum absolute atomic E-state index is 0.0833. The van der Waals surface area contributed by atoms with Crippen molar-refractivity contribution in [3.8, 4) is 0 Å². The predicted molar refractivity (Wildman–Crippen MR) is 65.7 cm³/mol. The number of aromatic carboxylic acids is 2. The van der Waals surface area contributed by atoms with E-state index in [9.17, 15) is 19.8 Å². The lowest BCUT2D eigenvalue weighted by molar-refractivity contribution is -0.255. The molecule has 0 radical (unpaired) electrons. The summed E-state index contributed by atoms with van der Waals surface area (Å²) in [5.41, 5.74) is 18.0. The first-order valence-electron chi connectivity index (χ1n) is 4.87. The van der Waals surface area contributed by atoms with Gasteiger partial charge in [-0.2, -0.15) is 0 Å². The molecule has 10 heteroatoms. The molecular weight excluding hydrogens is 268 g/mol. The van der Waals surface area contributed by atoms with Gasteiger partial charge < -0.3 is 19.8 Å². The second kappa shape index (κ2) is 9.70. The molecule has 0 atom stereocenters. The van der Waals surface area contributed by atoms with Crippen LogP contribution >= 0.6 is 0 Å². The molecule has 1 rings (SSSR count). The molecule has 0 spiro atoms. The van der Waals surface area contributed by atoms with Crippen LogP contribution in [0.4, 0.5) is 0 Å². The van der Waals surface area contributed by atoms with Gasteiger partial charge in [-0.3, -0.25) is 33.8 Å². The van der Waals surface area contributed by atoms with Gasteiger partial charge in [-0.15, -0.1) is 0 Å². The van der Waals surface area contributed by atoms with Crippen LogP contribution in [0.3, 0.4) is 0 Å². The van der Waals surface area contributed by atoms with Crippen molar-refractivity contribution in [3.05, 3.63) is 35.4 Å². The number of rotatable bonds is 2. The zero-order valence-electron chi connectivity index (χ0n) is 10.4. The standard InChI is InChI=1S/C8H6O4.2CH5N3/c9-7(10)5-2-1-3-6(4-5)8(11)12;2*2-1(3)4/h1-4H,(H,9,10)(H,11,12);2*(H5,2,3,4). The average molecular weight is 284 g/mol. The van der Waals surface area contributed by atoms with Gasteiger partial charge in [-0.05, 0) is 17.2 Å². The maximum absolute atomic E-state index is 10.3. The molecular formula is C10H16N6O4. The maximum Gasteiger partial charge on any atom is 0.336 e. The average Bonchev–Trinajstić information content (AvgIpc) is 2.27. The number of hydrogen-bond acceptors (Lipinski definition) is 4. The minimum Gasteiger partial charge on any atom is -0.545 e. The van der Waals surface area contributed by atoms with Crippen molar-refractivity contribution in [2.45, 2.75) is 0 Å². The quantitative estimate of drug-likeness (QED) is 0.224. The Hall–Kier alpha value is -3.30. The number of nitrogens with two attached hydrogens (primary N) is 6. The van der Waals surface area contributed by atoms with Crippen LogP contribution in [0, 0.1) is 0 Å². The third-order valence-electron chi connectivity index (χ3n) is 1.33. The number of hydrogen-bond donors (Lipinski definition) is 6. The van der Waals surface area contributed by atoms with Gasteiger partial charge in [-0.25, -0.2) is 0 Å². The van der Waals surface area contributed by atoms with Crippen LogP contribution in [0.2, 0.25) is 0 Å². The van der Waals surface area contributed by atoms with Gasteiger partial charge in [0.05, 0.1) is 11.9 Å². The molecule has 0 aromatic heterocycles. The number of carbonyl (C=O) groups excluding carboxylic acids is 2. The Balaban J connectivity index is 0. The van der Waals surface area contributed by atoms with Crippen molar-refractivity contribution < 1.29 is 30.6 Å². The molecule has 0 aliphatic heterocycles. The van der Waals surface area contributed by atoms with Crippen LogP contribution in [0.5, 0.6) is 0 Å². The summed E-state index contributed by atoms with van der Waals surface area (Å²) in [7, 11) is 0. The second-order valence-corrected chi connectivity index (χ2v) is 3.16. The Morgan fingerprint density at radius 1 is 0.850 bits per heavy atom. The van der Waals surface area contributed by atoms with Crippen LogP contribution in [0.25, 0.3) is 0 Å². The van der Waals surface area contributed by atoms with Gasteiger partial charge >= 0.3 is 11.9 Å². The number of carboxylic acids is 2. The molecule has 0 heterocycles. The predicted octanol–water partition coefficient (Wildman–Crippen LogP) is -7.55.